The minimum absolute atomic E-state index is 0.210. The van der Waals surface area contributed by atoms with Crippen molar-refractivity contribution in [3.63, 3.8) is 0 Å². The van der Waals surface area contributed by atoms with Crippen molar-refractivity contribution in [3.05, 3.63) is 23.8 Å². The van der Waals surface area contributed by atoms with Gasteiger partial charge in [-0.15, -0.1) is 0 Å². The SMILES string of the molecule is CCCCOc1ccc(CC(N)CC)cc1OCC. The first-order chi connectivity index (χ1) is 9.21. The highest BCUT2D eigenvalue weighted by atomic mass is 16.5. The van der Waals surface area contributed by atoms with Gasteiger partial charge < -0.3 is 15.2 Å². The maximum absolute atomic E-state index is 5.99. The summed E-state index contributed by atoms with van der Waals surface area (Å²) in [6.45, 7) is 7.64. The predicted molar refractivity (Wildman–Crippen MR) is 80.0 cm³/mol. The highest BCUT2D eigenvalue weighted by Gasteiger charge is 2.08. The van der Waals surface area contributed by atoms with Gasteiger partial charge in [0.05, 0.1) is 13.2 Å². The van der Waals surface area contributed by atoms with Gasteiger partial charge in [0.15, 0.2) is 11.5 Å². The summed E-state index contributed by atoms with van der Waals surface area (Å²) in [5.74, 6) is 1.67. The average molecular weight is 265 g/mol. The van der Waals surface area contributed by atoms with E-state index in [0.717, 1.165) is 43.8 Å². The number of nitrogens with two attached hydrogens (primary N) is 1. The topological polar surface area (TPSA) is 44.5 Å². The van der Waals surface area contributed by atoms with Crippen LogP contribution < -0.4 is 15.2 Å². The van der Waals surface area contributed by atoms with Gasteiger partial charge in [0.25, 0.3) is 0 Å². The van der Waals surface area contributed by atoms with Crippen LogP contribution in [0.2, 0.25) is 0 Å². The van der Waals surface area contributed by atoms with Gasteiger partial charge in [-0.1, -0.05) is 26.3 Å². The molecule has 0 aliphatic rings. The van der Waals surface area contributed by atoms with Crippen molar-refractivity contribution in [1.29, 1.82) is 0 Å². The zero-order valence-corrected chi connectivity index (χ0v) is 12.4. The average Bonchev–Trinajstić information content (AvgIpc) is 2.41. The van der Waals surface area contributed by atoms with Gasteiger partial charge >= 0.3 is 0 Å². The summed E-state index contributed by atoms with van der Waals surface area (Å²) in [6.07, 6.45) is 4.06. The van der Waals surface area contributed by atoms with E-state index in [1.165, 1.54) is 5.56 Å². The molecule has 1 aromatic carbocycles. The molecule has 0 amide bonds. The Hall–Kier alpha value is -1.22. The molecule has 1 atom stereocenters. The molecule has 0 radical (unpaired) electrons. The molecule has 1 rings (SSSR count). The fourth-order valence-electron chi connectivity index (χ4n) is 1.84. The van der Waals surface area contributed by atoms with Crippen LogP contribution in [0.1, 0.15) is 45.6 Å². The lowest BCUT2D eigenvalue weighted by Crippen LogP contribution is -2.21. The highest BCUT2D eigenvalue weighted by Crippen LogP contribution is 2.29. The third-order valence-corrected chi connectivity index (χ3v) is 3.09. The molecule has 0 heterocycles. The summed E-state index contributed by atoms with van der Waals surface area (Å²) in [5.41, 5.74) is 7.20. The minimum atomic E-state index is 0.210. The standard InChI is InChI=1S/C16H27NO2/c1-4-7-10-19-15-9-8-13(11-14(17)5-2)12-16(15)18-6-3/h8-9,12,14H,4-7,10-11,17H2,1-3H3. The number of hydrogen-bond donors (Lipinski definition) is 1. The molecule has 0 bridgehead atoms. The van der Waals surface area contributed by atoms with Gasteiger partial charge in [-0.3, -0.25) is 0 Å². The van der Waals surface area contributed by atoms with Crippen molar-refractivity contribution in [2.24, 2.45) is 5.73 Å². The van der Waals surface area contributed by atoms with Gasteiger partial charge in [-0.2, -0.15) is 0 Å². The lowest BCUT2D eigenvalue weighted by molar-refractivity contribution is 0.272. The smallest absolute Gasteiger partial charge is 0.161 e. The molecule has 0 spiro atoms. The molecule has 3 nitrogen and oxygen atoms in total. The molecule has 108 valence electrons. The van der Waals surface area contributed by atoms with Crippen molar-refractivity contribution in [2.75, 3.05) is 13.2 Å². The molecule has 0 aliphatic carbocycles. The summed E-state index contributed by atoms with van der Waals surface area (Å²) in [6, 6.07) is 6.35. The van der Waals surface area contributed by atoms with E-state index in [-0.39, 0.29) is 6.04 Å². The summed E-state index contributed by atoms with van der Waals surface area (Å²) >= 11 is 0. The lowest BCUT2D eigenvalue weighted by Gasteiger charge is -2.14. The maximum Gasteiger partial charge on any atom is 0.161 e. The molecule has 0 saturated heterocycles. The van der Waals surface area contributed by atoms with Crippen molar-refractivity contribution in [1.82, 2.24) is 0 Å². The van der Waals surface area contributed by atoms with Crippen molar-refractivity contribution in [3.8, 4) is 11.5 Å². The number of ether oxygens (including phenoxy) is 2. The van der Waals surface area contributed by atoms with Crippen molar-refractivity contribution >= 4 is 0 Å². The molecule has 0 aromatic heterocycles. The van der Waals surface area contributed by atoms with Crippen LogP contribution in [0.4, 0.5) is 0 Å². The fraction of sp³-hybridized carbons (Fsp3) is 0.625. The molecule has 19 heavy (non-hydrogen) atoms. The van der Waals surface area contributed by atoms with E-state index in [1.54, 1.807) is 0 Å². The van der Waals surface area contributed by atoms with E-state index >= 15 is 0 Å². The van der Waals surface area contributed by atoms with Crippen molar-refractivity contribution < 1.29 is 9.47 Å². The second-order valence-corrected chi connectivity index (χ2v) is 4.79. The van der Waals surface area contributed by atoms with Crippen molar-refractivity contribution in [2.45, 2.75) is 52.5 Å². The molecule has 3 heteroatoms. The summed E-state index contributed by atoms with van der Waals surface area (Å²) < 4.78 is 11.4. The van der Waals surface area contributed by atoms with E-state index in [4.69, 9.17) is 15.2 Å². The summed E-state index contributed by atoms with van der Waals surface area (Å²) in [7, 11) is 0. The van der Waals surface area contributed by atoms with E-state index < -0.39 is 0 Å². The summed E-state index contributed by atoms with van der Waals surface area (Å²) in [5, 5.41) is 0. The Bertz CT molecular complexity index is 366. The number of unbranched alkanes of at least 4 members (excludes halogenated alkanes) is 1. The van der Waals surface area contributed by atoms with Gasteiger partial charge in [-0.05, 0) is 43.9 Å². The van der Waals surface area contributed by atoms with Gasteiger partial charge in [0.2, 0.25) is 0 Å². The monoisotopic (exact) mass is 265 g/mol. The third-order valence-electron chi connectivity index (χ3n) is 3.09. The lowest BCUT2D eigenvalue weighted by atomic mass is 10.0. The molecule has 0 aliphatic heterocycles. The Kier molecular flexibility index (Phi) is 7.34. The van der Waals surface area contributed by atoms with Crippen LogP contribution in [-0.2, 0) is 6.42 Å². The largest absolute Gasteiger partial charge is 0.490 e. The Labute approximate surface area is 117 Å². The van der Waals surface area contributed by atoms with Crippen LogP contribution >= 0.6 is 0 Å². The second-order valence-electron chi connectivity index (χ2n) is 4.79. The van der Waals surface area contributed by atoms with E-state index in [1.807, 2.05) is 13.0 Å². The zero-order valence-electron chi connectivity index (χ0n) is 12.4. The molecular weight excluding hydrogens is 238 g/mol. The highest BCUT2D eigenvalue weighted by molar-refractivity contribution is 5.43. The molecule has 2 N–H and O–H groups in total. The van der Waals surface area contributed by atoms with E-state index in [0.29, 0.717) is 6.61 Å². The van der Waals surface area contributed by atoms with Crippen LogP contribution in [0, 0.1) is 0 Å². The van der Waals surface area contributed by atoms with Crippen LogP contribution in [-0.4, -0.2) is 19.3 Å². The second kappa shape index (κ2) is 8.81. The van der Waals surface area contributed by atoms with Gasteiger partial charge in [0.1, 0.15) is 0 Å². The predicted octanol–water partition coefficient (Wildman–Crippen LogP) is 3.54. The fourth-order valence-corrected chi connectivity index (χ4v) is 1.84. The normalized spacial score (nSPS) is 12.2. The number of rotatable bonds is 9. The van der Waals surface area contributed by atoms with E-state index in [9.17, 15) is 0 Å². The molecule has 1 aromatic rings. The van der Waals surface area contributed by atoms with Gasteiger partial charge in [-0.25, -0.2) is 0 Å². The Morgan fingerprint density at radius 2 is 1.89 bits per heavy atom. The molecule has 0 fully saturated rings. The number of hydrogen-bond acceptors (Lipinski definition) is 3. The Balaban J connectivity index is 2.75. The summed E-state index contributed by atoms with van der Waals surface area (Å²) in [4.78, 5) is 0. The zero-order chi connectivity index (χ0) is 14.1. The molecular formula is C16H27NO2. The third kappa shape index (κ3) is 5.52. The Morgan fingerprint density at radius 3 is 2.53 bits per heavy atom. The molecule has 1 unspecified atom stereocenters. The number of benzene rings is 1. The Morgan fingerprint density at radius 1 is 1.11 bits per heavy atom. The first kappa shape index (κ1) is 15.8. The van der Waals surface area contributed by atoms with Crippen LogP contribution in [0.3, 0.4) is 0 Å². The van der Waals surface area contributed by atoms with Gasteiger partial charge in [0, 0.05) is 6.04 Å². The first-order valence-corrected chi connectivity index (χ1v) is 7.35. The van der Waals surface area contributed by atoms with E-state index in [2.05, 4.69) is 26.0 Å². The van der Waals surface area contributed by atoms with Crippen LogP contribution in [0.15, 0.2) is 18.2 Å². The van der Waals surface area contributed by atoms with Crippen LogP contribution in [0.25, 0.3) is 0 Å². The maximum atomic E-state index is 5.99. The first-order valence-electron chi connectivity index (χ1n) is 7.35. The quantitative estimate of drug-likeness (QED) is 0.694. The molecule has 0 saturated carbocycles. The minimum Gasteiger partial charge on any atom is -0.490 e. The van der Waals surface area contributed by atoms with Crippen LogP contribution in [0.5, 0.6) is 11.5 Å².